The van der Waals surface area contributed by atoms with Gasteiger partial charge in [0.25, 0.3) is 0 Å². The molecule has 1 saturated heterocycles. The fourth-order valence-electron chi connectivity index (χ4n) is 3.24. The third-order valence-corrected chi connectivity index (χ3v) is 4.81. The first-order chi connectivity index (χ1) is 15.0. The minimum Gasteiger partial charge on any atom is -0.491 e. The number of anilines is 3. The Bertz CT molecular complexity index is 844. The van der Waals surface area contributed by atoms with E-state index in [0.717, 1.165) is 30.9 Å². The molecule has 2 aromatic rings. The van der Waals surface area contributed by atoms with E-state index in [1.165, 1.54) is 0 Å². The van der Waals surface area contributed by atoms with Crippen LogP contribution in [0.1, 0.15) is 33.1 Å². The van der Waals surface area contributed by atoms with Crippen LogP contribution in [0.2, 0.25) is 0 Å². The Labute approximate surface area is 183 Å². The van der Waals surface area contributed by atoms with Crippen molar-refractivity contribution in [3.63, 3.8) is 0 Å². The van der Waals surface area contributed by atoms with E-state index in [9.17, 15) is 9.59 Å². The summed E-state index contributed by atoms with van der Waals surface area (Å²) in [5.74, 6) is 0.918. The normalized spacial score (nSPS) is 15.5. The van der Waals surface area contributed by atoms with Crippen LogP contribution in [-0.2, 0) is 14.3 Å². The topological polar surface area (TPSA) is 88.7 Å². The third kappa shape index (κ3) is 7.94. The predicted molar refractivity (Wildman–Crippen MR) is 123 cm³/mol. The van der Waals surface area contributed by atoms with E-state index in [0.29, 0.717) is 30.3 Å². The molecule has 3 N–H and O–H groups in total. The summed E-state index contributed by atoms with van der Waals surface area (Å²) in [6.45, 7) is 5.53. The zero-order valence-electron chi connectivity index (χ0n) is 18.1. The average Bonchev–Trinajstić information content (AvgIpc) is 3.26. The summed E-state index contributed by atoms with van der Waals surface area (Å²) < 4.78 is 11.3. The molecule has 0 saturated carbocycles. The summed E-state index contributed by atoms with van der Waals surface area (Å²) in [4.78, 5) is 24.0. The number of nitrogens with one attached hydrogen (secondary N) is 3. The summed E-state index contributed by atoms with van der Waals surface area (Å²) in [7, 11) is 0. The maximum atomic E-state index is 12.2. The lowest BCUT2D eigenvalue weighted by Crippen LogP contribution is -2.21. The van der Waals surface area contributed by atoms with Gasteiger partial charge in [0, 0.05) is 30.1 Å². The van der Waals surface area contributed by atoms with Gasteiger partial charge in [-0.3, -0.25) is 9.59 Å². The van der Waals surface area contributed by atoms with Gasteiger partial charge in [-0.15, -0.1) is 0 Å². The SMILES string of the molecule is CC(C)CC(=O)Nc1ccc(NC(=O)CNc2ccc(OCC3CCCO3)cc2)cc1. The smallest absolute Gasteiger partial charge is 0.243 e. The van der Waals surface area contributed by atoms with Gasteiger partial charge in [0.15, 0.2) is 0 Å². The van der Waals surface area contributed by atoms with E-state index >= 15 is 0 Å². The molecule has 7 heteroatoms. The fourth-order valence-corrected chi connectivity index (χ4v) is 3.24. The summed E-state index contributed by atoms with van der Waals surface area (Å²) >= 11 is 0. The molecular formula is C24H31N3O4. The van der Waals surface area contributed by atoms with Crippen molar-refractivity contribution in [1.29, 1.82) is 0 Å². The molecule has 3 rings (SSSR count). The van der Waals surface area contributed by atoms with Crippen LogP contribution >= 0.6 is 0 Å². The molecule has 0 aromatic heterocycles. The minimum absolute atomic E-state index is 0.0146. The average molecular weight is 426 g/mol. The van der Waals surface area contributed by atoms with E-state index in [4.69, 9.17) is 9.47 Å². The molecule has 31 heavy (non-hydrogen) atoms. The van der Waals surface area contributed by atoms with E-state index in [-0.39, 0.29) is 24.5 Å². The van der Waals surface area contributed by atoms with Crippen LogP contribution < -0.4 is 20.7 Å². The fraction of sp³-hybridized carbons (Fsp3) is 0.417. The van der Waals surface area contributed by atoms with Gasteiger partial charge in [-0.25, -0.2) is 0 Å². The molecule has 7 nitrogen and oxygen atoms in total. The van der Waals surface area contributed by atoms with Crippen LogP contribution in [0.4, 0.5) is 17.1 Å². The molecule has 1 aliphatic rings. The summed E-state index contributed by atoms with van der Waals surface area (Å²) in [5, 5.41) is 8.78. The predicted octanol–water partition coefficient (Wildman–Crippen LogP) is 4.28. The van der Waals surface area contributed by atoms with Gasteiger partial charge in [0.1, 0.15) is 12.4 Å². The molecule has 0 bridgehead atoms. The van der Waals surface area contributed by atoms with Crippen molar-refractivity contribution in [2.24, 2.45) is 5.92 Å². The van der Waals surface area contributed by atoms with Crippen LogP contribution in [-0.4, -0.2) is 37.7 Å². The van der Waals surface area contributed by atoms with E-state index in [1.807, 2.05) is 38.1 Å². The lowest BCUT2D eigenvalue weighted by molar-refractivity contribution is -0.117. The highest BCUT2D eigenvalue weighted by Crippen LogP contribution is 2.19. The molecule has 0 aliphatic carbocycles. The Morgan fingerprint density at radius 3 is 2.16 bits per heavy atom. The van der Waals surface area contributed by atoms with Gasteiger partial charge in [-0.2, -0.15) is 0 Å². The second-order valence-electron chi connectivity index (χ2n) is 8.10. The van der Waals surface area contributed by atoms with E-state index in [1.54, 1.807) is 24.3 Å². The molecular weight excluding hydrogens is 394 g/mol. The van der Waals surface area contributed by atoms with Crippen LogP contribution in [0.5, 0.6) is 5.75 Å². The van der Waals surface area contributed by atoms with Crippen molar-refractivity contribution in [3.8, 4) is 5.75 Å². The quantitative estimate of drug-likeness (QED) is 0.529. The van der Waals surface area contributed by atoms with Gasteiger partial charge in [0.2, 0.25) is 11.8 Å². The molecule has 0 spiro atoms. The van der Waals surface area contributed by atoms with Crippen molar-refractivity contribution >= 4 is 28.9 Å². The number of benzene rings is 2. The molecule has 166 valence electrons. The first-order valence-corrected chi connectivity index (χ1v) is 10.8. The zero-order valence-corrected chi connectivity index (χ0v) is 18.1. The van der Waals surface area contributed by atoms with Crippen molar-refractivity contribution in [2.45, 2.75) is 39.2 Å². The van der Waals surface area contributed by atoms with Crippen molar-refractivity contribution < 1.29 is 19.1 Å². The number of ether oxygens (including phenoxy) is 2. The van der Waals surface area contributed by atoms with E-state index < -0.39 is 0 Å². The molecule has 0 radical (unpaired) electrons. The maximum Gasteiger partial charge on any atom is 0.243 e. The Hall–Kier alpha value is -3.06. The highest BCUT2D eigenvalue weighted by atomic mass is 16.5. The third-order valence-electron chi connectivity index (χ3n) is 4.81. The molecule has 1 aliphatic heterocycles. The monoisotopic (exact) mass is 425 g/mol. The second-order valence-corrected chi connectivity index (χ2v) is 8.10. The minimum atomic E-state index is -0.157. The zero-order chi connectivity index (χ0) is 22.1. The summed E-state index contributed by atoms with van der Waals surface area (Å²) in [5.41, 5.74) is 2.22. The number of hydrogen-bond acceptors (Lipinski definition) is 5. The Kier molecular flexibility index (Phi) is 8.29. The van der Waals surface area contributed by atoms with Gasteiger partial charge in [0.05, 0.1) is 12.6 Å². The highest BCUT2D eigenvalue weighted by Gasteiger charge is 2.15. The molecule has 2 amide bonds. The van der Waals surface area contributed by atoms with Crippen molar-refractivity contribution in [1.82, 2.24) is 0 Å². The number of rotatable bonds is 10. The molecule has 1 unspecified atom stereocenters. The molecule has 1 heterocycles. The first-order valence-electron chi connectivity index (χ1n) is 10.8. The Morgan fingerprint density at radius 1 is 0.968 bits per heavy atom. The second kappa shape index (κ2) is 11.4. The van der Waals surface area contributed by atoms with E-state index in [2.05, 4.69) is 16.0 Å². The largest absolute Gasteiger partial charge is 0.491 e. The first kappa shape index (κ1) is 22.6. The number of amides is 2. The summed E-state index contributed by atoms with van der Waals surface area (Å²) in [6.07, 6.45) is 2.81. The van der Waals surface area contributed by atoms with Gasteiger partial charge < -0.3 is 25.4 Å². The molecule has 1 fully saturated rings. The van der Waals surface area contributed by atoms with Gasteiger partial charge in [-0.05, 0) is 67.3 Å². The van der Waals surface area contributed by atoms with Gasteiger partial charge >= 0.3 is 0 Å². The molecule has 2 aromatic carbocycles. The van der Waals surface area contributed by atoms with Crippen molar-refractivity contribution in [3.05, 3.63) is 48.5 Å². The van der Waals surface area contributed by atoms with Crippen LogP contribution in [0, 0.1) is 5.92 Å². The Balaban J connectivity index is 1.38. The van der Waals surface area contributed by atoms with Crippen LogP contribution in [0.25, 0.3) is 0 Å². The van der Waals surface area contributed by atoms with Gasteiger partial charge in [-0.1, -0.05) is 13.8 Å². The lowest BCUT2D eigenvalue weighted by atomic mass is 10.1. The van der Waals surface area contributed by atoms with Crippen molar-refractivity contribution in [2.75, 3.05) is 35.7 Å². The maximum absolute atomic E-state index is 12.2. The summed E-state index contributed by atoms with van der Waals surface area (Å²) in [6, 6.07) is 14.6. The van der Waals surface area contributed by atoms with Crippen LogP contribution in [0.3, 0.4) is 0 Å². The van der Waals surface area contributed by atoms with Crippen LogP contribution in [0.15, 0.2) is 48.5 Å². The highest BCUT2D eigenvalue weighted by molar-refractivity contribution is 5.94. The standard InChI is InChI=1S/C24H31N3O4/c1-17(2)14-23(28)26-19-5-7-20(8-6-19)27-24(29)15-25-18-9-11-21(12-10-18)31-16-22-4-3-13-30-22/h5-12,17,22,25H,3-4,13-16H2,1-2H3,(H,26,28)(H,27,29). The Morgan fingerprint density at radius 2 is 1.58 bits per heavy atom. The number of carbonyl (C=O) groups excluding carboxylic acids is 2. The number of carbonyl (C=O) groups is 2. The molecule has 1 atom stereocenters. The number of hydrogen-bond donors (Lipinski definition) is 3. The lowest BCUT2D eigenvalue weighted by Gasteiger charge is -2.12.